The van der Waals surface area contributed by atoms with E-state index in [4.69, 9.17) is 9.84 Å². The molecular weight excluding hydrogens is 472 g/mol. The Labute approximate surface area is 185 Å². The number of nitro groups is 1. The molecule has 2 N–H and O–H groups in total. The topological polar surface area (TPSA) is 130 Å². The molecule has 0 aromatic heterocycles. The quantitative estimate of drug-likeness (QED) is 0.145. The summed E-state index contributed by atoms with van der Waals surface area (Å²) >= 11 is 3.30. The summed E-state index contributed by atoms with van der Waals surface area (Å²) in [5, 5.41) is 30.7. The van der Waals surface area contributed by atoms with Crippen LogP contribution in [-0.2, 0) is 14.3 Å². The normalized spacial score (nSPS) is 17.9. The molecule has 1 fully saturated rings. The highest BCUT2D eigenvalue weighted by atomic mass is 79.9. The van der Waals surface area contributed by atoms with Crippen LogP contribution in [0, 0.1) is 10.1 Å². The summed E-state index contributed by atoms with van der Waals surface area (Å²) < 4.78 is 6.00. The number of Topliss-reactive ketones (excluding diaryl/α,β-unsaturated/α-hetero) is 1. The van der Waals surface area contributed by atoms with Crippen molar-refractivity contribution in [3.63, 3.8) is 0 Å². The number of carbonyl (C=O) groups excluding carboxylic acids is 2. The van der Waals surface area contributed by atoms with Crippen molar-refractivity contribution >= 4 is 39.1 Å². The molecule has 1 atom stereocenters. The van der Waals surface area contributed by atoms with E-state index in [1.54, 1.807) is 24.3 Å². The van der Waals surface area contributed by atoms with Crippen molar-refractivity contribution in [1.82, 2.24) is 4.90 Å². The molecule has 1 amide bonds. The summed E-state index contributed by atoms with van der Waals surface area (Å²) in [5.74, 6) is -2.01. The van der Waals surface area contributed by atoms with Gasteiger partial charge in [-0.05, 0) is 29.8 Å². The number of non-ortho nitro benzene ring substituents is 1. The van der Waals surface area contributed by atoms with Gasteiger partial charge in [0.05, 0.1) is 36.4 Å². The molecule has 31 heavy (non-hydrogen) atoms. The van der Waals surface area contributed by atoms with Crippen LogP contribution in [0.25, 0.3) is 5.76 Å². The fraction of sp³-hybridized carbons (Fsp3) is 0.238. The van der Waals surface area contributed by atoms with E-state index in [0.717, 1.165) is 4.47 Å². The summed E-state index contributed by atoms with van der Waals surface area (Å²) in [6, 6.07) is 11.1. The van der Waals surface area contributed by atoms with E-state index >= 15 is 0 Å². The minimum Gasteiger partial charge on any atom is -0.507 e. The molecule has 0 bridgehead atoms. The predicted octanol–water partition coefficient (Wildman–Crippen LogP) is 2.79. The third-order valence-electron chi connectivity index (χ3n) is 4.79. The third kappa shape index (κ3) is 4.82. The number of likely N-dealkylation sites (tertiary alicyclic amines) is 1. The monoisotopic (exact) mass is 490 g/mol. The summed E-state index contributed by atoms with van der Waals surface area (Å²) in [6.07, 6.45) is 0. The molecule has 9 nitrogen and oxygen atoms in total. The van der Waals surface area contributed by atoms with E-state index in [9.17, 15) is 24.8 Å². The number of rotatable bonds is 8. The summed E-state index contributed by atoms with van der Waals surface area (Å²) in [6.45, 7) is -0.0160. The first-order chi connectivity index (χ1) is 14.8. The Morgan fingerprint density at radius 2 is 1.74 bits per heavy atom. The molecule has 0 saturated carbocycles. The lowest BCUT2D eigenvalue weighted by Gasteiger charge is -2.25. The van der Waals surface area contributed by atoms with Crippen molar-refractivity contribution in [3.8, 4) is 0 Å². The van der Waals surface area contributed by atoms with Gasteiger partial charge in [0.15, 0.2) is 0 Å². The maximum Gasteiger partial charge on any atom is 0.295 e. The van der Waals surface area contributed by atoms with Crippen LogP contribution in [0.2, 0.25) is 0 Å². The zero-order valence-electron chi connectivity index (χ0n) is 16.2. The molecule has 162 valence electrons. The number of ketones is 1. The second-order valence-electron chi connectivity index (χ2n) is 6.68. The average Bonchev–Trinajstić information content (AvgIpc) is 3.01. The van der Waals surface area contributed by atoms with E-state index in [0.29, 0.717) is 11.1 Å². The summed E-state index contributed by atoms with van der Waals surface area (Å²) in [5.41, 5.74) is 0.540. The Morgan fingerprint density at radius 3 is 2.32 bits per heavy atom. The molecular formula is C21H19BrN2O7. The van der Waals surface area contributed by atoms with Crippen LogP contribution in [0.5, 0.6) is 0 Å². The van der Waals surface area contributed by atoms with Crippen LogP contribution >= 0.6 is 15.9 Å². The Morgan fingerprint density at radius 1 is 1.10 bits per heavy atom. The van der Waals surface area contributed by atoms with Gasteiger partial charge in [0.1, 0.15) is 5.76 Å². The van der Waals surface area contributed by atoms with Gasteiger partial charge >= 0.3 is 0 Å². The van der Waals surface area contributed by atoms with Gasteiger partial charge in [0.25, 0.3) is 17.4 Å². The molecule has 2 aromatic carbocycles. The van der Waals surface area contributed by atoms with E-state index in [-0.39, 0.29) is 43.4 Å². The number of hydrogen-bond acceptors (Lipinski definition) is 7. The zero-order valence-corrected chi connectivity index (χ0v) is 17.8. The maximum atomic E-state index is 12.8. The smallest absolute Gasteiger partial charge is 0.295 e. The van der Waals surface area contributed by atoms with E-state index in [2.05, 4.69) is 15.9 Å². The molecule has 10 heteroatoms. The molecule has 1 aliphatic rings. The highest BCUT2D eigenvalue weighted by Gasteiger charge is 2.46. The molecule has 1 unspecified atom stereocenters. The largest absolute Gasteiger partial charge is 0.507 e. The fourth-order valence-corrected chi connectivity index (χ4v) is 3.59. The molecule has 0 aliphatic carbocycles. The van der Waals surface area contributed by atoms with Crippen LogP contribution in [0.1, 0.15) is 17.2 Å². The van der Waals surface area contributed by atoms with Crippen molar-refractivity contribution in [2.24, 2.45) is 0 Å². The molecule has 0 radical (unpaired) electrons. The Kier molecular flexibility index (Phi) is 7.16. The molecule has 0 spiro atoms. The summed E-state index contributed by atoms with van der Waals surface area (Å²) in [7, 11) is 0. The molecule has 1 heterocycles. The van der Waals surface area contributed by atoms with Crippen molar-refractivity contribution in [2.75, 3.05) is 26.4 Å². The first-order valence-corrected chi connectivity index (χ1v) is 10.1. The number of amides is 1. The van der Waals surface area contributed by atoms with Crippen LogP contribution in [0.15, 0.2) is 58.6 Å². The van der Waals surface area contributed by atoms with Crippen molar-refractivity contribution in [1.29, 1.82) is 0 Å². The van der Waals surface area contributed by atoms with Crippen molar-refractivity contribution in [3.05, 3.63) is 79.8 Å². The number of aliphatic hydroxyl groups is 2. The third-order valence-corrected chi connectivity index (χ3v) is 5.32. The van der Waals surface area contributed by atoms with Crippen molar-refractivity contribution < 1.29 is 29.5 Å². The summed E-state index contributed by atoms with van der Waals surface area (Å²) in [4.78, 5) is 37.3. The van der Waals surface area contributed by atoms with Gasteiger partial charge < -0.3 is 19.8 Å². The van der Waals surface area contributed by atoms with Gasteiger partial charge in [0, 0.05) is 28.7 Å². The Hall–Kier alpha value is -3.08. The van der Waals surface area contributed by atoms with Crippen LogP contribution in [0.4, 0.5) is 5.69 Å². The molecule has 2 aromatic rings. The number of carbonyl (C=O) groups is 2. The molecule has 1 saturated heterocycles. The fourth-order valence-electron chi connectivity index (χ4n) is 3.33. The lowest BCUT2D eigenvalue weighted by atomic mass is 9.95. The number of ether oxygens (including phenoxy) is 1. The minimum absolute atomic E-state index is 0.0311. The molecule has 1 aliphatic heterocycles. The standard InChI is InChI=1S/C21H19BrN2O7/c22-15-5-1-14(2-6-15)19(26)17-18(13-3-7-16(8-4-13)24(29)30)23(21(28)20(17)27)9-11-31-12-10-25/h1-8,18,25-26H,9-12H2/b19-17+. The number of aliphatic hydroxyl groups excluding tert-OH is 2. The number of nitrogens with zero attached hydrogens (tertiary/aromatic N) is 2. The van der Waals surface area contributed by atoms with Crippen molar-refractivity contribution in [2.45, 2.75) is 6.04 Å². The van der Waals surface area contributed by atoms with Gasteiger partial charge in [-0.15, -0.1) is 0 Å². The SMILES string of the molecule is O=C1C(=O)N(CCOCCO)C(c2ccc([N+](=O)[O-])cc2)/C1=C(\O)c1ccc(Br)cc1. The highest BCUT2D eigenvalue weighted by Crippen LogP contribution is 2.39. The van der Waals surface area contributed by atoms with Gasteiger partial charge in [-0.25, -0.2) is 0 Å². The zero-order chi connectivity index (χ0) is 22.5. The molecule has 3 rings (SSSR count). The average molecular weight is 491 g/mol. The Bertz CT molecular complexity index is 1020. The van der Waals surface area contributed by atoms with E-state index in [1.165, 1.54) is 29.2 Å². The lowest BCUT2D eigenvalue weighted by Crippen LogP contribution is -2.33. The number of halogens is 1. The number of hydrogen-bond donors (Lipinski definition) is 2. The minimum atomic E-state index is -0.942. The number of nitro benzene ring substituents is 1. The Balaban J connectivity index is 2.07. The van der Waals surface area contributed by atoms with E-state index < -0.39 is 22.7 Å². The second-order valence-corrected chi connectivity index (χ2v) is 7.60. The van der Waals surface area contributed by atoms with Gasteiger partial charge in [-0.3, -0.25) is 19.7 Å². The van der Waals surface area contributed by atoms with E-state index in [1.807, 2.05) is 0 Å². The van der Waals surface area contributed by atoms with Gasteiger partial charge in [-0.1, -0.05) is 28.1 Å². The van der Waals surface area contributed by atoms with Crippen LogP contribution in [0.3, 0.4) is 0 Å². The first-order valence-electron chi connectivity index (χ1n) is 9.32. The van der Waals surface area contributed by atoms with Crippen LogP contribution in [-0.4, -0.2) is 58.1 Å². The first kappa shape index (κ1) is 22.6. The lowest BCUT2D eigenvalue weighted by molar-refractivity contribution is -0.384. The predicted molar refractivity (Wildman–Crippen MR) is 114 cm³/mol. The number of benzene rings is 2. The second kappa shape index (κ2) is 9.82. The van der Waals surface area contributed by atoms with Gasteiger partial charge in [-0.2, -0.15) is 0 Å². The maximum absolute atomic E-state index is 12.8. The highest BCUT2D eigenvalue weighted by molar-refractivity contribution is 9.10. The van der Waals surface area contributed by atoms with Crippen LogP contribution < -0.4 is 0 Å². The van der Waals surface area contributed by atoms with Gasteiger partial charge in [0.2, 0.25) is 0 Å².